The first kappa shape index (κ1) is 9.02. The quantitative estimate of drug-likeness (QED) is 0.655. The summed E-state index contributed by atoms with van der Waals surface area (Å²) in [7, 11) is 0. The minimum absolute atomic E-state index is 0.0625. The van der Waals surface area contributed by atoms with Crippen LogP contribution in [0.2, 0.25) is 0 Å². The van der Waals surface area contributed by atoms with Crippen LogP contribution in [0.1, 0.15) is 18.5 Å². The van der Waals surface area contributed by atoms with Gasteiger partial charge in [-0.25, -0.2) is 0 Å². The number of phenolic OH excluding ortho intramolecular Hbond substituents is 1. The summed E-state index contributed by atoms with van der Waals surface area (Å²) in [5.41, 5.74) is 1.59. The number of phenols is 1. The van der Waals surface area contributed by atoms with Crippen molar-refractivity contribution in [2.75, 3.05) is 11.9 Å². The molecule has 1 aromatic carbocycles. The predicted octanol–water partition coefficient (Wildman–Crippen LogP) is 0.995. The molecule has 4 nitrogen and oxygen atoms in total. The van der Waals surface area contributed by atoms with E-state index in [0.29, 0.717) is 5.69 Å². The number of hydrogen-bond donors (Lipinski definition) is 3. The fourth-order valence-electron chi connectivity index (χ4n) is 1.66. The van der Waals surface area contributed by atoms with Gasteiger partial charge in [0.2, 0.25) is 5.91 Å². The average molecular weight is 192 g/mol. The molecule has 2 rings (SSSR count). The van der Waals surface area contributed by atoms with Gasteiger partial charge < -0.3 is 15.7 Å². The van der Waals surface area contributed by atoms with Gasteiger partial charge in [0, 0.05) is 17.3 Å². The lowest BCUT2D eigenvalue weighted by molar-refractivity contribution is -0.117. The summed E-state index contributed by atoms with van der Waals surface area (Å²) in [5, 5.41) is 15.0. The van der Waals surface area contributed by atoms with Gasteiger partial charge in [-0.3, -0.25) is 4.79 Å². The Morgan fingerprint density at radius 2 is 2.36 bits per heavy atom. The van der Waals surface area contributed by atoms with E-state index < -0.39 is 0 Å². The second-order valence-electron chi connectivity index (χ2n) is 3.25. The van der Waals surface area contributed by atoms with Crippen LogP contribution in [0.5, 0.6) is 5.75 Å². The average Bonchev–Trinajstić information content (AvgIpc) is 2.43. The lowest BCUT2D eigenvalue weighted by Gasteiger charge is -2.08. The van der Waals surface area contributed by atoms with Crippen molar-refractivity contribution in [3.63, 3.8) is 0 Å². The minimum atomic E-state index is -0.282. The van der Waals surface area contributed by atoms with E-state index in [9.17, 15) is 9.90 Å². The highest BCUT2D eigenvalue weighted by Gasteiger charge is 2.29. The van der Waals surface area contributed by atoms with E-state index in [1.54, 1.807) is 18.2 Å². The maximum Gasteiger partial charge on any atom is 0.246 e. The third-order valence-electron chi connectivity index (χ3n) is 2.28. The second kappa shape index (κ2) is 3.31. The predicted molar refractivity (Wildman–Crippen MR) is 53.2 cm³/mol. The molecule has 74 valence electrons. The van der Waals surface area contributed by atoms with Crippen LogP contribution in [0.15, 0.2) is 18.2 Å². The lowest BCUT2D eigenvalue weighted by atomic mass is 10.1. The zero-order chi connectivity index (χ0) is 10.1. The summed E-state index contributed by atoms with van der Waals surface area (Å²) in [6, 6.07) is 4.62. The van der Waals surface area contributed by atoms with E-state index in [1.165, 1.54) is 0 Å². The Kier molecular flexibility index (Phi) is 2.13. The Bertz CT molecular complexity index is 376. The van der Waals surface area contributed by atoms with Crippen molar-refractivity contribution in [3.05, 3.63) is 23.8 Å². The fourth-order valence-corrected chi connectivity index (χ4v) is 1.66. The monoisotopic (exact) mass is 192 g/mol. The number of carbonyl (C=O) groups is 1. The molecule has 1 heterocycles. The van der Waals surface area contributed by atoms with E-state index in [2.05, 4.69) is 10.6 Å². The molecular formula is C10H12N2O2. The van der Waals surface area contributed by atoms with Crippen molar-refractivity contribution in [2.45, 2.75) is 13.0 Å². The molecule has 1 aliphatic rings. The summed E-state index contributed by atoms with van der Waals surface area (Å²) in [6.07, 6.45) is 0. The summed E-state index contributed by atoms with van der Waals surface area (Å²) >= 11 is 0. The first-order chi connectivity index (χ1) is 6.72. The Balaban J connectivity index is 2.37. The maximum atomic E-state index is 11.5. The zero-order valence-electron chi connectivity index (χ0n) is 7.87. The normalized spacial score (nSPS) is 19.2. The first-order valence-electron chi connectivity index (χ1n) is 4.59. The Morgan fingerprint density at radius 1 is 1.57 bits per heavy atom. The molecule has 1 aromatic rings. The largest absolute Gasteiger partial charge is 0.508 e. The van der Waals surface area contributed by atoms with Gasteiger partial charge in [-0.15, -0.1) is 0 Å². The van der Waals surface area contributed by atoms with Gasteiger partial charge in [0.05, 0.1) is 0 Å². The highest BCUT2D eigenvalue weighted by atomic mass is 16.3. The number of rotatable bonds is 2. The van der Waals surface area contributed by atoms with Crippen molar-refractivity contribution < 1.29 is 9.90 Å². The second-order valence-corrected chi connectivity index (χ2v) is 3.25. The summed E-state index contributed by atoms with van der Waals surface area (Å²) in [4.78, 5) is 11.5. The number of carbonyl (C=O) groups excluding carboxylic acids is 1. The molecule has 0 aliphatic carbocycles. The van der Waals surface area contributed by atoms with Crippen LogP contribution in [-0.2, 0) is 4.79 Å². The summed E-state index contributed by atoms with van der Waals surface area (Å²) in [6.45, 7) is 2.68. The van der Waals surface area contributed by atoms with Gasteiger partial charge in [-0.1, -0.05) is 13.0 Å². The third kappa shape index (κ3) is 1.33. The third-order valence-corrected chi connectivity index (χ3v) is 2.28. The smallest absolute Gasteiger partial charge is 0.246 e. The number of likely N-dealkylation sites (N-methyl/N-ethyl adjacent to an activating group) is 1. The number of anilines is 1. The summed E-state index contributed by atoms with van der Waals surface area (Å²) in [5.74, 6) is 0.105. The number of nitrogens with one attached hydrogen (secondary N) is 2. The van der Waals surface area contributed by atoms with Crippen LogP contribution < -0.4 is 10.6 Å². The summed E-state index contributed by atoms with van der Waals surface area (Å²) < 4.78 is 0. The van der Waals surface area contributed by atoms with Crippen LogP contribution in [-0.4, -0.2) is 17.6 Å². The standard InChI is InChI=1S/C10H12N2O2/c1-2-11-9-7-4-3-6(13)5-8(7)12-10(9)14/h3-5,9,11,13H,2H2,1H3,(H,12,14). The molecule has 0 bridgehead atoms. The van der Waals surface area contributed by atoms with Crippen molar-refractivity contribution >= 4 is 11.6 Å². The Labute approximate surface area is 81.9 Å². The maximum absolute atomic E-state index is 11.5. The van der Waals surface area contributed by atoms with Gasteiger partial charge in [-0.2, -0.15) is 0 Å². The molecule has 1 unspecified atom stereocenters. The molecule has 1 aliphatic heterocycles. The van der Waals surface area contributed by atoms with E-state index in [1.807, 2.05) is 6.92 Å². The van der Waals surface area contributed by atoms with E-state index in [4.69, 9.17) is 0 Å². The molecule has 0 spiro atoms. The number of amides is 1. The fraction of sp³-hybridized carbons (Fsp3) is 0.300. The molecule has 14 heavy (non-hydrogen) atoms. The molecular weight excluding hydrogens is 180 g/mol. The van der Waals surface area contributed by atoms with Crippen molar-refractivity contribution in [2.24, 2.45) is 0 Å². The van der Waals surface area contributed by atoms with Gasteiger partial charge in [-0.05, 0) is 12.6 Å². The highest BCUT2D eigenvalue weighted by Crippen LogP contribution is 2.32. The SMILES string of the molecule is CCNC1C(=O)Nc2cc(O)ccc21. The zero-order valence-corrected chi connectivity index (χ0v) is 7.87. The molecule has 0 saturated carbocycles. The molecule has 1 amide bonds. The minimum Gasteiger partial charge on any atom is -0.508 e. The first-order valence-corrected chi connectivity index (χ1v) is 4.59. The highest BCUT2D eigenvalue weighted by molar-refractivity contribution is 6.02. The molecule has 0 fully saturated rings. The van der Waals surface area contributed by atoms with Crippen LogP contribution >= 0.6 is 0 Å². The number of benzene rings is 1. The molecule has 3 N–H and O–H groups in total. The Hall–Kier alpha value is -1.55. The van der Waals surface area contributed by atoms with Crippen LogP contribution in [0.3, 0.4) is 0 Å². The number of fused-ring (bicyclic) bond motifs is 1. The number of hydrogen-bond acceptors (Lipinski definition) is 3. The van der Waals surface area contributed by atoms with E-state index in [-0.39, 0.29) is 17.7 Å². The molecule has 0 radical (unpaired) electrons. The van der Waals surface area contributed by atoms with Gasteiger partial charge in [0.15, 0.2) is 0 Å². The van der Waals surface area contributed by atoms with Gasteiger partial charge >= 0.3 is 0 Å². The van der Waals surface area contributed by atoms with E-state index >= 15 is 0 Å². The number of aromatic hydroxyl groups is 1. The van der Waals surface area contributed by atoms with Gasteiger partial charge in [0.1, 0.15) is 11.8 Å². The lowest BCUT2D eigenvalue weighted by Crippen LogP contribution is -2.27. The van der Waals surface area contributed by atoms with Crippen LogP contribution in [0.25, 0.3) is 0 Å². The molecule has 0 aromatic heterocycles. The molecule has 4 heteroatoms. The van der Waals surface area contributed by atoms with Crippen molar-refractivity contribution in [3.8, 4) is 5.75 Å². The molecule has 0 saturated heterocycles. The van der Waals surface area contributed by atoms with Crippen molar-refractivity contribution in [1.29, 1.82) is 0 Å². The Morgan fingerprint density at radius 3 is 3.07 bits per heavy atom. The van der Waals surface area contributed by atoms with Crippen LogP contribution in [0.4, 0.5) is 5.69 Å². The van der Waals surface area contributed by atoms with E-state index in [0.717, 1.165) is 12.1 Å². The topological polar surface area (TPSA) is 61.4 Å². The van der Waals surface area contributed by atoms with Crippen molar-refractivity contribution in [1.82, 2.24) is 5.32 Å². The van der Waals surface area contributed by atoms with Crippen LogP contribution in [0, 0.1) is 0 Å². The molecule has 1 atom stereocenters. The van der Waals surface area contributed by atoms with Gasteiger partial charge in [0.25, 0.3) is 0 Å².